The maximum absolute atomic E-state index is 12.4. The Bertz CT molecular complexity index is 475. The number of nitrogens with one attached hydrogen (secondary N) is 1. The molecule has 118 valence electrons. The first-order chi connectivity index (χ1) is 9.99. The van der Waals surface area contributed by atoms with Crippen LogP contribution in [0.5, 0.6) is 0 Å². The van der Waals surface area contributed by atoms with Crippen molar-refractivity contribution in [1.82, 2.24) is 9.88 Å². The van der Waals surface area contributed by atoms with Gasteiger partial charge in [-0.05, 0) is 12.5 Å². The zero-order valence-electron chi connectivity index (χ0n) is 11.7. The number of carbonyl (C=O) groups is 1. The molecule has 1 heterocycles. The van der Waals surface area contributed by atoms with Crippen LogP contribution in [0, 0.1) is 0 Å². The molecule has 2 N–H and O–H groups in total. The highest BCUT2D eigenvalue weighted by atomic mass is 35.5. The SMILES string of the molecule is CCCNc1ncc(C(=O)N(CCO)CC(F)F)cc1Cl. The Balaban J connectivity index is 2.87. The second-order valence-electron chi connectivity index (χ2n) is 4.35. The van der Waals surface area contributed by atoms with Gasteiger partial charge >= 0.3 is 0 Å². The number of rotatable bonds is 8. The maximum Gasteiger partial charge on any atom is 0.255 e. The smallest absolute Gasteiger partial charge is 0.255 e. The van der Waals surface area contributed by atoms with Crippen molar-refractivity contribution in [3.8, 4) is 0 Å². The van der Waals surface area contributed by atoms with Crippen LogP contribution in [0.3, 0.4) is 0 Å². The summed E-state index contributed by atoms with van der Waals surface area (Å²) in [6.07, 6.45) is -0.506. The summed E-state index contributed by atoms with van der Waals surface area (Å²) < 4.78 is 24.9. The van der Waals surface area contributed by atoms with E-state index in [0.29, 0.717) is 12.4 Å². The van der Waals surface area contributed by atoms with Crippen LogP contribution in [-0.4, -0.2) is 53.6 Å². The van der Waals surface area contributed by atoms with Crippen molar-refractivity contribution < 1.29 is 18.7 Å². The van der Waals surface area contributed by atoms with E-state index < -0.39 is 25.5 Å². The Morgan fingerprint density at radius 1 is 1.57 bits per heavy atom. The molecule has 0 aliphatic carbocycles. The molecule has 1 amide bonds. The summed E-state index contributed by atoms with van der Waals surface area (Å²) >= 11 is 6.00. The molecule has 1 rings (SSSR count). The fraction of sp³-hybridized carbons (Fsp3) is 0.538. The van der Waals surface area contributed by atoms with E-state index in [1.165, 1.54) is 12.3 Å². The van der Waals surface area contributed by atoms with Crippen LogP contribution >= 0.6 is 11.6 Å². The number of hydrogen-bond acceptors (Lipinski definition) is 4. The van der Waals surface area contributed by atoms with Gasteiger partial charge in [0.15, 0.2) is 0 Å². The van der Waals surface area contributed by atoms with Crippen molar-refractivity contribution in [1.29, 1.82) is 0 Å². The van der Waals surface area contributed by atoms with Gasteiger partial charge in [-0.1, -0.05) is 18.5 Å². The number of aliphatic hydroxyl groups is 1. The normalized spacial score (nSPS) is 10.8. The molecule has 0 aromatic carbocycles. The molecule has 0 atom stereocenters. The third-order valence-corrected chi connectivity index (χ3v) is 2.93. The highest BCUT2D eigenvalue weighted by molar-refractivity contribution is 6.33. The van der Waals surface area contributed by atoms with E-state index in [-0.39, 0.29) is 17.1 Å². The number of hydrogen-bond donors (Lipinski definition) is 2. The summed E-state index contributed by atoms with van der Waals surface area (Å²) in [5, 5.41) is 12.1. The van der Waals surface area contributed by atoms with E-state index >= 15 is 0 Å². The molecule has 0 unspecified atom stereocenters. The van der Waals surface area contributed by atoms with Crippen molar-refractivity contribution in [2.45, 2.75) is 19.8 Å². The Kier molecular flexibility index (Phi) is 7.31. The number of alkyl halides is 2. The number of pyridine rings is 1. The lowest BCUT2D eigenvalue weighted by atomic mass is 10.2. The molecule has 0 saturated carbocycles. The van der Waals surface area contributed by atoms with Gasteiger partial charge in [0.2, 0.25) is 0 Å². The minimum atomic E-state index is -2.67. The Morgan fingerprint density at radius 2 is 2.29 bits per heavy atom. The van der Waals surface area contributed by atoms with E-state index in [4.69, 9.17) is 16.7 Å². The fourth-order valence-electron chi connectivity index (χ4n) is 1.67. The molecule has 0 aliphatic rings. The average Bonchev–Trinajstić information content (AvgIpc) is 2.44. The van der Waals surface area contributed by atoms with E-state index in [1.54, 1.807) is 0 Å². The third kappa shape index (κ3) is 5.43. The number of halogens is 3. The van der Waals surface area contributed by atoms with Crippen molar-refractivity contribution in [3.63, 3.8) is 0 Å². The minimum Gasteiger partial charge on any atom is -0.395 e. The predicted molar refractivity (Wildman–Crippen MR) is 77.0 cm³/mol. The number of amides is 1. The van der Waals surface area contributed by atoms with Crippen molar-refractivity contribution >= 4 is 23.3 Å². The lowest BCUT2D eigenvalue weighted by Gasteiger charge is -2.21. The quantitative estimate of drug-likeness (QED) is 0.771. The first-order valence-corrected chi connectivity index (χ1v) is 6.95. The summed E-state index contributed by atoms with van der Waals surface area (Å²) in [4.78, 5) is 17.0. The molecular weight excluding hydrogens is 304 g/mol. The van der Waals surface area contributed by atoms with Crippen LogP contribution in [0.15, 0.2) is 12.3 Å². The van der Waals surface area contributed by atoms with Crippen LogP contribution in [0.2, 0.25) is 5.02 Å². The first kappa shape index (κ1) is 17.6. The van der Waals surface area contributed by atoms with Gasteiger partial charge in [0.25, 0.3) is 12.3 Å². The van der Waals surface area contributed by atoms with E-state index in [0.717, 1.165) is 11.3 Å². The predicted octanol–water partition coefficient (Wildman–Crippen LogP) is 2.26. The molecule has 0 spiro atoms. The lowest BCUT2D eigenvalue weighted by molar-refractivity contribution is 0.0509. The Labute approximate surface area is 126 Å². The summed E-state index contributed by atoms with van der Waals surface area (Å²) in [5.74, 6) is -0.196. The zero-order chi connectivity index (χ0) is 15.8. The number of nitrogens with zero attached hydrogens (tertiary/aromatic N) is 2. The summed E-state index contributed by atoms with van der Waals surface area (Å²) in [6.45, 7) is 1.36. The Hall–Kier alpha value is -1.47. The highest BCUT2D eigenvalue weighted by Gasteiger charge is 2.20. The van der Waals surface area contributed by atoms with Gasteiger partial charge in [0, 0.05) is 19.3 Å². The van der Waals surface area contributed by atoms with Crippen LogP contribution in [-0.2, 0) is 0 Å². The van der Waals surface area contributed by atoms with Gasteiger partial charge in [-0.2, -0.15) is 0 Å². The largest absolute Gasteiger partial charge is 0.395 e. The molecular formula is C13H18ClF2N3O2. The van der Waals surface area contributed by atoms with Gasteiger partial charge in [-0.15, -0.1) is 0 Å². The van der Waals surface area contributed by atoms with E-state index in [2.05, 4.69) is 10.3 Å². The fourth-order valence-corrected chi connectivity index (χ4v) is 1.91. The van der Waals surface area contributed by atoms with E-state index in [1.807, 2.05) is 6.92 Å². The number of carbonyl (C=O) groups excluding carboxylic acids is 1. The number of anilines is 1. The molecule has 5 nitrogen and oxygen atoms in total. The molecule has 1 aromatic heterocycles. The molecule has 0 radical (unpaired) electrons. The summed E-state index contributed by atoms with van der Waals surface area (Å²) in [7, 11) is 0. The summed E-state index contributed by atoms with van der Waals surface area (Å²) in [6, 6.07) is 1.38. The van der Waals surface area contributed by atoms with Gasteiger partial charge in [0.1, 0.15) is 5.82 Å². The molecule has 0 aliphatic heterocycles. The van der Waals surface area contributed by atoms with Gasteiger partial charge in [-0.25, -0.2) is 13.8 Å². The van der Waals surface area contributed by atoms with Gasteiger partial charge < -0.3 is 15.3 Å². The molecule has 0 fully saturated rings. The van der Waals surface area contributed by atoms with Crippen LogP contribution in [0.4, 0.5) is 14.6 Å². The monoisotopic (exact) mass is 321 g/mol. The second kappa shape index (κ2) is 8.74. The highest BCUT2D eigenvalue weighted by Crippen LogP contribution is 2.21. The Morgan fingerprint density at radius 3 is 2.81 bits per heavy atom. The van der Waals surface area contributed by atoms with E-state index in [9.17, 15) is 13.6 Å². The third-order valence-electron chi connectivity index (χ3n) is 2.65. The van der Waals surface area contributed by atoms with Crippen molar-refractivity contribution in [2.75, 3.05) is 31.6 Å². The first-order valence-electron chi connectivity index (χ1n) is 6.57. The minimum absolute atomic E-state index is 0.108. The second-order valence-corrected chi connectivity index (χ2v) is 4.75. The lowest BCUT2D eigenvalue weighted by Crippen LogP contribution is -2.37. The molecule has 21 heavy (non-hydrogen) atoms. The molecule has 0 bridgehead atoms. The average molecular weight is 322 g/mol. The van der Waals surface area contributed by atoms with Crippen molar-refractivity contribution in [2.24, 2.45) is 0 Å². The number of aliphatic hydroxyl groups excluding tert-OH is 1. The molecule has 1 aromatic rings. The zero-order valence-corrected chi connectivity index (χ0v) is 12.4. The van der Waals surface area contributed by atoms with Crippen LogP contribution in [0.1, 0.15) is 23.7 Å². The maximum atomic E-state index is 12.4. The van der Waals surface area contributed by atoms with Crippen LogP contribution < -0.4 is 5.32 Å². The topological polar surface area (TPSA) is 65.5 Å². The summed E-state index contributed by atoms with van der Waals surface area (Å²) in [5.41, 5.74) is 0.108. The van der Waals surface area contributed by atoms with Crippen molar-refractivity contribution in [3.05, 3.63) is 22.8 Å². The van der Waals surface area contributed by atoms with Crippen LogP contribution in [0.25, 0.3) is 0 Å². The van der Waals surface area contributed by atoms with Gasteiger partial charge in [0.05, 0.1) is 23.7 Å². The number of aromatic nitrogens is 1. The standard InChI is InChI=1S/C13H18ClF2N3O2/c1-2-3-17-12-10(14)6-9(7-18-12)13(21)19(4-5-20)8-11(15)16/h6-7,11,20H,2-5,8H2,1H3,(H,17,18). The molecule has 8 heteroatoms. The molecule has 0 saturated heterocycles. The van der Waals surface area contributed by atoms with Gasteiger partial charge in [-0.3, -0.25) is 4.79 Å².